The van der Waals surface area contributed by atoms with Crippen LogP contribution in [0.4, 0.5) is 0 Å². The minimum absolute atomic E-state index is 0.147. The third-order valence-corrected chi connectivity index (χ3v) is 2.65. The predicted octanol–water partition coefficient (Wildman–Crippen LogP) is 3.07. The Morgan fingerprint density at radius 1 is 1.31 bits per heavy atom. The minimum atomic E-state index is 0.147. The first-order chi connectivity index (χ1) is 6.16. The van der Waals surface area contributed by atoms with E-state index in [0.717, 1.165) is 10.6 Å². The van der Waals surface area contributed by atoms with Crippen molar-refractivity contribution in [2.45, 2.75) is 19.8 Å². The average molecular weight is 199 g/mol. The van der Waals surface area contributed by atoms with Crippen LogP contribution < -0.4 is 0 Å². The zero-order valence-corrected chi connectivity index (χ0v) is 8.75. The first-order valence-corrected chi connectivity index (χ1v) is 4.90. The van der Waals surface area contributed by atoms with Crippen LogP contribution in [0.15, 0.2) is 24.3 Å². The summed E-state index contributed by atoms with van der Waals surface area (Å²) < 4.78 is 0. The molecule has 1 rings (SSSR count). The van der Waals surface area contributed by atoms with Crippen molar-refractivity contribution in [1.29, 1.82) is 0 Å². The highest BCUT2D eigenvalue weighted by Crippen LogP contribution is 2.29. The molecule has 1 unspecified atom stereocenters. The molecule has 0 aliphatic carbocycles. The number of aliphatic hydroxyl groups excluding tert-OH is 1. The Bertz CT molecular complexity index is 271. The molecule has 0 saturated heterocycles. The molecule has 0 aromatic heterocycles. The number of benzene rings is 1. The molecular weight excluding hydrogens is 184 g/mol. The summed E-state index contributed by atoms with van der Waals surface area (Å²) in [5.41, 5.74) is 1.04. The average Bonchev–Trinajstić information content (AvgIpc) is 2.09. The Balaban J connectivity index is 2.97. The van der Waals surface area contributed by atoms with E-state index in [4.69, 9.17) is 11.6 Å². The van der Waals surface area contributed by atoms with E-state index in [1.807, 2.05) is 24.3 Å². The molecule has 1 nitrogen and oxygen atoms in total. The van der Waals surface area contributed by atoms with Crippen LogP contribution in [0, 0.1) is 5.92 Å². The molecule has 72 valence electrons. The Morgan fingerprint density at radius 3 is 2.38 bits per heavy atom. The molecule has 0 spiro atoms. The maximum atomic E-state index is 9.22. The van der Waals surface area contributed by atoms with Crippen LogP contribution in [0.3, 0.4) is 0 Å². The van der Waals surface area contributed by atoms with Gasteiger partial charge in [0.15, 0.2) is 0 Å². The van der Waals surface area contributed by atoms with Gasteiger partial charge in [-0.05, 0) is 17.5 Å². The van der Waals surface area contributed by atoms with Crippen molar-refractivity contribution in [3.63, 3.8) is 0 Å². The summed E-state index contributed by atoms with van der Waals surface area (Å²) in [6.45, 7) is 4.33. The van der Waals surface area contributed by atoms with Crippen LogP contribution in [0.1, 0.15) is 25.3 Å². The van der Waals surface area contributed by atoms with E-state index in [9.17, 15) is 5.11 Å². The fraction of sp³-hybridized carbons (Fsp3) is 0.455. The standard InChI is InChI=1S/C11H15ClO/c1-8(2)10(7-13)9-5-3-4-6-11(9)12/h3-6,8,10,13H,7H2,1-2H3. The van der Waals surface area contributed by atoms with E-state index >= 15 is 0 Å². The first-order valence-electron chi connectivity index (χ1n) is 4.52. The summed E-state index contributed by atoms with van der Waals surface area (Å²) in [5, 5.41) is 9.96. The van der Waals surface area contributed by atoms with Gasteiger partial charge >= 0.3 is 0 Å². The topological polar surface area (TPSA) is 20.2 Å². The largest absolute Gasteiger partial charge is 0.396 e. The van der Waals surface area contributed by atoms with Crippen LogP contribution in [-0.4, -0.2) is 11.7 Å². The van der Waals surface area contributed by atoms with Crippen LogP contribution >= 0.6 is 11.6 Å². The van der Waals surface area contributed by atoms with Crippen molar-refractivity contribution in [3.8, 4) is 0 Å². The highest BCUT2D eigenvalue weighted by molar-refractivity contribution is 6.31. The molecule has 1 atom stereocenters. The van der Waals surface area contributed by atoms with Gasteiger partial charge in [0.1, 0.15) is 0 Å². The molecule has 1 aromatic carbocycles. The molecule has 0 heterocycles. The van der Waals surface area contributed by atoms with Crippen LogP contribution in [0.2, 0.25) is 5.02 Å². The minimum Gasteiger partial charge on any atom is -0.396 e. The van der Waals surface area contributed by atoms with Gasteiger partial charge in [-0.3, -0.25) is 0 Å². The van der Waals surface area contributed by atoms with E-state index in [0.29, 0.717) is 5.92 Å². The summed E-state index contributed by atoms with van der Waals surface area (Å²) in [4.78, 5) is 0. The highest BCUT2D eigenvalue weighted by atomic mass is 35.5. The van der Waals surface area contributed by atoms with Gasteiger partial charge < -0.3 is 5.11 Å². The monoisotopic (exact) mass is 198 g/mol. The molecule has 0 fully saturated rings. The lowest BCUT2D eigenvalue weighted by Crippen LogP contribution is -2.11. The van der Waals surface area contributed by atoms with Crippen molar-refractivity contribution in [2.24, 2.45) is 5.92 Å². The Labute approximate surface area is 84.4 Å². The summed E-state index contributed by atoms with van der Waals surface area (Å²) in [6.07, 6.45) is 0. The second-order valence-corrected chi connectivity index (χ2v) is 3.96. The molecule has 2 heteroatoms. The number of rotatable bonds is 3. The smallest absolute Gasteiger partial charge is 0.0502 e. The molecule has 0 aliphatic rings. The van der Waals surface area contributed by atoms with Crippen molar-refractivity contribution in [3.05, 3.63) is 34.9 Å². The maximum absolute atomic E-state index is 9.22. The van der Waals surface area contributed by atoms with E-state index in [2.05, 4.69) is 13.8 Å². The molecule has 13 heavy (non-hydrogen) atoms. The third-order valence-electron chi connectivity index (χ3n) is 2.31. The van der Waals surface area contributed by atoms with Gasteiger partial charge in [0.25, 0.3) is 0 Å². The third kappa shape index (κ3) is 2.45. The van der Waals surface area contributed by atoms with Crippen LogP contribution in [0.5, 0.6) is 0 Å². The molecular formula is C11H15ClO. The van der Waals surface area contributed by atoms with E-state index in [1.54, 1.807) is 0 Å². The molecule has 1 N–H and O–H groups in total. The molecule has 1 aromatic rings. The van der Waals surface area contributed by atoms with Gasteiger partial charge in [-0.2, -0.15) is 0 Å². The second-order valence-electron chi connectivity index (χ2n) is 3.55. The van der Waals surface area contributed by atoms with Gasteiger partial charge in [0.2, 0.25) is 0 Å². The molecule has 0 bridgehead atoms. The van der Waals surface area contributed by atoms with Gasteiger partial charge in [0.05, 0.1) is 6.61 Å². The first kappa shape index (κ1) is 10.6. The Hall–Kier alpha value is -0.530. The fourth-order valence-electron chi connectivity index (χ4n) is 1.44. The SMILES string of the molecule is CC(C)C(CO)c1ccccc1Cl. The van der Waals surface area contributed by atoms with Crippen molar-refractivity contribution < 1.29 is 5.11 Å². The number of halogens is 1. The zero-order chi connectivity index (χ0) is 9.84. The van der Waals surface area contributed by atoms with E-state index in [1.165, 1.54) is 0 Å². The van der Waals surface area contributed by atoms with Crippen LogP contribution in [-0.2, 0) is 0 Å². The Kier molecular flexibility index (Phi) is 3.76. The van der Waals surface area contributed by atoms with Gasteiger partial charge in [-0.25, -0.2) is 0 Å². The predicted molar refractivity (Wildman–Crippen MR) is 56.1 cm³/mol. The number of hydrogen-bond acceptors (Lipinski definition) is 1. The van der Waals surface area contributed by atoms with Gasteiger partial charge in [-0.1, -0.05) is 43.6 Å². The quantitative estimate of drug-likeness (QED) is 0.792. The summed E-state index contributed by atoms with van der Waals surface area (Å²) in [7, 11) is 0. The van der Waals surface area contributed by atoms with Crippen molar-refractivity contribution >= 4 is 11.6 Å². The van der Waals surface area contributed by atoms with Gasteiger partial charge in [0, 0.05) is 10.9 Å². The van der Waals surface area contributed by atoms with Crippen molar-refractivity contribution in [2.75, 3.05) is 6.61 Å². The molecule has 0 radical (unpaired) electrons. The normalized spacial score (nSPS) is 13.3. The number of hydrogen-bond donors (Lipinski definition) is 1. The lowest BCUT2D eigenvalue weighted by molar-refractivity contribution is 0.237. The molecule has 0 amide bonds. The summed E-state index contributed by atoms with van der Waals surface area (Å²) in [5.74, 6) is 0.554. The highest BCUT2D eigenvalue weighted by Gasteiger charge is 2.16. The maximum Gasteiger partial charge on any atom is 0.0502 e. The van der Waals surface area contributed by atoms with Gasteiger partial charge in [-0.15, -0.1) is 0 Å². The summed E-state index contributed by atoms with van der Waals surface area (Å²) in [6, 6.07) is 7.69. The second kappa shape index (κ2) is 4.64. The lowest BCUT2D eigenvalue weighted by atomic mass is 9.89. The molecule has 0 saturated carbocycles. The zero-order valence-electron chi connectivity index (χ0n) is 8.00. The van der Waals surface area contributed by atoms with Crippen molar-refractivity contribution in [1.82, 2.24) is 0 Å². The lowest BCUT2D eigenvalue weighted by Gasteiger charge is -2.19. The summed E-state index contributed by atoms with van der Waals surface area (Å²) >= 11 is 6.03. The number of aliphatic hydroxyl groups is 1. The molecule has 0 aliphatic heterocycles. The Morgan fingerprint density at radius 2 is 1.92 bits per heavy atom. The van der Waals surface area contributed by atoms with E-state index in [-0.39, 0.29) is 12.5 Å². The van der Waals surface area contributed by atoms with Crippen LogP contribution in [0.25, 0.3) is 0 Å². The fourth-order valence-corrected chi connectivity index (χ4v) is 1.72. The van der Waals surface area contributed by atoms with E-state index < -0.39 is 0 Å².